The Kier molecular flexibility index (Phi) is 5.15. The Morgan fingerprint density at radius 3 is 2.62 bits per heavy atom. The van der Waals surface area contributed by atoms with Gasteiger partial charge in [0.05, 0.1) is 0 Å². The van der Waals surface area contributed by atoms with E-state index >= 15 is 0 Å². The lowest BCUT2D eigenvalue weighted by Gasteiger charge is -2.34. The van der Waals surface area contributed by atoms with E-state index in [1.165, 1.54) is 10.9 Å². The Hall–Kier alpha value is -2.34. The Balaban J connectivity index is 1.41. The zero-order valence-corrected chi connectivity index (χ0v) is 14.0. The number of H-pyrrole nitrogens is 1. The molecule has 2 N–H and O–H groups in total. The molecule has 1 aromatic heterocycles. The van der Waals surface area contributed by atoms with Crippen molar-refractivity contribution in [1.82, 2.24) is 20.1 Å². The molecule has 1 aliphatic heterocycles. The second-order valence-corrected chi connectivity index (χ2v) is 6.17. The summed E-state index contributed by atoms with van der Waals surface area (Å²) in [5.41, 5.74) is 2.37. The molecular weight excluding hydrogens is 304 g/mol. The maximum atomic E-state index is 12.2. The number of piperazine rings is 1. The van der Waals surface area contributed by atoms with Crippen LogP contribution < -0.4 is 5.32 Å². The molecular formula is C18H24N4O2. The molecule has 24 heavy (non-hydrogen) atoms. The normalized spacial score (nSPS) is 15.0. The van der Waals surface area contributed by atoms with E-state index in [2.05, 4.69) is 28.5 Å². The van der Waals surface area contributed by atoms with Crippen molar-refractivity contribution in [3.8, 4) is 0 Å². The molecule has 0 bridgehead atoms. The summed E-state index contributed by atoms with van der Waals surface area (Å²) in [6, 6.07) is 8.27. The van der Waals surface area contributed by atoms with Crippen LogP contribution in [0.5, 0.6) is 0 Å². The van der Waals surface area contributed by atoms with Gasteiger partial charge in [-0.3, -0.25) is 9.59 Å². The first-order chi connectivity index (χ1) is 11.6. The van der Waals surface area contributed by atoms with Gasteiger partial charge in [0, 0.05) is 69.7 Å². The highest BCUT2D eigenvalue weighted by molar-refractivity contribution is 5.82. The van der Waals surface area contributed by atoms with Crippen LogP contribution in [0.25, 0.3) is 10.9 Å². The van der Waals surface area contributed by atoms with Gasteiger partial charge >= 0.3 is 0 Å². The lowest BCUT2D eigenvalue weighted by Crippen LogP contribution is -2.50. The molecule has 2 heterocycles. The molecule has 128 valence electrons. The quantitative estimate of drug-likeness (QED) is 0.814. The predicted octanol–water partition coefficient (Wildman–Crippen LogP) is 1.34. The summed E-state index contributed by atoms with van der Waals surface area (Å²) < 4.78 is 0. The average Bonchev–Trinajstić information content (AvgIpc) is 3.08. The maximum absolute atomic E-state index is 12.2. The third-order valence-electron chi connectivity index (χ3n) is 4.59. The minimum absolute atomic E-state index is 0.0858. The Morgan fingerprint density at radius 1 is 1.12 bits per heavy atom. The van der Waals surface area contributed by atoms with Gasteiger partial charge in [-0.25, -0.2) is 0 Å². The minimum Gasteiger partial charge on any atom is -0.361 e. The van der Waals surface area contributed by atoms with Crippen molar-refractivity contribution in [2.45, 2.75) is 19.9 Å². The van der Waals surface area contributed by atoms with Gasteiger partial charge < -0.3 is 20.1 Å². The van der Waals surface area contributed by atoms with Gasteiger partial charge in [0.15, 0.2) is 0 Å². The second-order valence-electron chi connectivity index (χ2n) is 6.17. The zero-order valence-electron chi connectivity index (χ0n) is 14.0. The molecule has 1 aromatic carbocycles. The van der Waals surface area contributed by atoms with E-state index in [0.29, 0.717) is 39.1 Å². The fourth-order valence-electron chi connectivity index (χ4n) is 3.15. The van der Waals surface area contributed by atoms with Crippen LogP contribution in [0.4, 0.5) is 0 Å². The van der Waals surface area contributed by atoms with Crippen LogP contribution in [0, 0.1) is 0 Å². The first-order valence-electron chi connectivity index (χ1n) is 8.44. The SMILES string of the molecule is CC(=O)N1CCN(C(=O)CCNCc2cccc3[nH]ccc23)CC1. The fourth-order valence-corrected chi connectivity index (χ4v) is 3.15. The van der Waals surface area contributed by atoms with Crippen LogP contribution in [0.2, 0.25) is 0 Å². The molecule has 3 rings (SSSR count). The van der Waals surface area contributed by atoms with Crippen LogP contribution in [-0.4, -0.2) is 59.3 Å². The molecule has 6 nitrogen and oxygen atoms in total. The average molecular weight is 328 g/mol. The third kappa shape index (κ3) is 3.76. The van der Waals surface area contributed by atoms with Crippen molar-refractivity contribution in [1.29, 1.82) is 0 Å². The Morgan fingerprint density at radius 2 is 1.88 bits per heavy atom. The molecule has 1 fully saturated rings. The topological polar surface area (TPSA) is 68.4 Å². The van der Waals surface area contributed by atoms with E-state index in [1.54, 1.807) is 11.8 Å². The van der Waals surface area contributed by atoms with Crippen molar-refractivity contribution in [3.05, 3.63) is 36.0 Å². The summed E-state index contributed by atoms with van der Waals surface area (Å²) in [6.45, 7) is 5.55. The maximum Gasteiger partial charge on any atom is 0.223 e. The Bertz CT molecular complexity index is 717. The summed E-state index contributed by atoms with van der Waals surface area (Å²) >= 11 is 0. The van der Waals surface area contributed by atoms with E-state index in [1.807, 2.05) is 17.2 Å². The summed E-state index contributed by atoms with van der Waals surface area (Å²) in [6.07, 6.45) is 2.43. The first kappa shape index (κ1) is 16.5. The number of rotatable bonds is 5. The number of fused-ring (bicyclic) bond motifs is 1. The summed E-state index contributed by atoms with van der Waals surface area (Å²) in [5.74, 6) is 0.244. The summed E-state index contributed by atoms with van der Waals surface area (Å²) in [5, 5.41) is 4.57. The first-order valence-corrected chi connectivity index (χ1v) is 8.44. The van der Waals surface area contributed by atoms with E-state index in [4.69, 9.17) is 0 Å². The smallest absolute Gasteiger partial charge is 0.223 e. The number of aromatic amines is 1. The molecule has 1 aliphatic rings. The van der Waals surface area contributed by atoms with E-state index in [-0.39, 0.29) is 11.8 Å². The van der Waals surface area contributed by atoms with E-state index in [0.717, 1.165) is 12.1 Å². The number of nitrogens with one attached hydrogen (secondary N) is 2. The number of benzene rings is 1. The highest BCUT2D eigenvalue weighted by Crippen LogP contribution is 2.16. The molecule has 0 radical (unpaired) electrons. The standard InChI is InChI=1S/C18H24N4O2/c1-14(23)21-9-11-22(12-10-21)18(24)6-7-19-13-15-3-2-4-17-16(15)5-8-20-17/h2-5,8,19-20H,6-7,9-13H2,1H3. The van der Waals surface area contributed by atoms with E-state index < -0.39 is 0 Å². The summed E-state index contributed by atoms with van der Waals surface area (Å²) in [4.78, 5) is 30.4. The monoisotopic (exact) mass is 328 g/mol. The Labute approximate surface area is 141 Å². The molecule has 0 spiro atoms. The number of aromatic nitrogens is 1. The molecule has 2 amide bonds. The predicted molar refractivity (Wildman–Crippen MR) is 93.5 cm³/mol. The highest BCUT2D eigenvalue weighted by atomic mass is 16.2. The fraction of sp³-hybridized carbons (Fsp3) is 0.444. The largest absolute Gasteiger partial charge is 0.361 e. The second kappa shape index (κ2) is 7.49. The molecule has 0 atom stereocenters. The highest BCUT2D eigenvalue weighted by Gasteiger charge is 2.21. The number of carbonyl (C=O) groups is 2. The molecule has 0 aliphatic carbocycles. The summed E-state index contributed by atoms with van der Waals surface area (Å²) in [7, 11) is 0. The van der Waals surface area contributed by atoms with Crippen molar-refractivity contribution in [2.75, 3.05) is 32.7 Å². The number of carbonyl (C=O) groups excluding carboxylic acids is 2. The van der Waals surface area contributed by atoms with Crippen LogP contribution in [0.1, 0.15) is 18.9 Å². The van der Waals surface area contributed by atoms with Gasteiger partial charge in [0.2, 0.25) is 11.8 Å². The number of hydrogen-bond acceptors (Lipinski definition) is 3. The van der Waals surface area contributed by atoms with Crippen molar-refractivity contribution >= 4 is 22.7 Å². The van der Waals surface area contributed by atoms with Gasteiger partial charge in [-0.1, -0.05) is 12.1 Å². The van der Waals surface area contributed by atoms with Gasteiger partial charge in [-0.15, -0.1) is 0 Å². The molecule has 6 heteroatoms. The lowest BCUT2D eigenvalue weighted by atomic mass is 10.1. The van der Waals surface area contributed by atoms with Crippen LogP contribution in [0.3, 0.4) is 0 Å². The van der Waals surface area contributed by atoms with Crippen LogP contribution >= 0.6 is 0 Å². The van der Waals surface area contributed by atoms with Gasteiger partial charge in [0.25, 0.3) is 0 Å². The minimum atomic E-state index is 0.0858. The number of hydrogen-bond donors (Lipinski definition) is 2. The number of amides is 2. The van der Waals surface area contributed by atoms with Gasteiger partial charge in [-0.05, 0) is 17.7 Å². The van der Waals surface area contributed by atoms with Crippen LogP contribution in [0.15, 0.2) is 30.5 Å². The number of nitrogens with zero attached hydrogens (tertiary/aromatic N) is 2. The van der Waals surface area contributed by atoms with Crippen molar-refractivity contribution in [3.63, 3.8) is 0 Å². The van der Waals surface area contributed by atoms with Crippen molar-refractivity contribution in [2.24, 2.45) is 0 Å². The lowest BCUT2D eigenvalue weighted by molar-refractivity contribution is -0.138. The van der Waals surface area contributed by atoms with Crippen molar-refractivity contribution < 1.29 is 9.59 Å². The van der Waals surface area contributed by atoms with Gasteiger partial charge in [0.1, 0.15) is 0 Å². The van der Waals surface area contributed by atoms with Crippen LogP contribution in [-0.2, 0) is 16.1 Å². The molecule has 1 saturated heterocycles. The molecule has 0 unspecified atom stereocenters. The van der Waals surface area contributed by atoms with Gasteiger partial charge in [-0.2, -0.15) is 0 Å². The van der Waals surface area contributed by atoms with E-state index in [9.17, 15) is 9.59 Å². The third-order valence-corrected chi connectivity index (χ3v) is 4.59. The zero-order chi connectivity index (χ0) is 16.9. The molecule has 2 aromatic rings. The molecule has 0 saturated carbocycles.